The number of allylic oxidation sites excluding steroid dienone is 1. The normalized spacial score (nSPS) is 15.8. The molecule has 0 aromatic heterocycles. The molecule has 0 aliphatic heterocycles. The van der Waals surface area contributed by atoms with Crippen molar-refractivity contribution in [3.05, 3.63) is 12.2 Å². The summed E-state index contributed by atoms with van der Waals surface area (Å²) in [5.74, 6) is -0.243. The molecule has 0 fully saturated rings. The molecule has 1 unspecified atom stereocenters. The lowest BCUT2D eigenvalue weighted by Crippen LogP contribution is -2.45. The first kappa shape index (κ1) is 49.9. The average molecular weight is 848 g/mol. The summed E-state index contributed by atoms with van der Waals surface area (Å²) in [4.78, 5) is 23.2. The van der Waals surface area contributed by atoms with Crippen molar-refractivity contribution in [1.29, 1.82) is 0 Å². The molecule has 0 saturated carbocycles. The van der Waals surface area contributed by atoms with Gasteiger partial charge in [0.05, 0.1) is 39.9 Å². The maximum atomic E-state index is 12.9. The minimum Gasteiger partial charge on any atom is -0.387 e. The van der Waals surface area contributed by atoms with Gasteiger partial charge in [0.25, 0.3) is 0 Å². The highest BCUT2D eigenvalue weighted by atomic mass is 31.2. The van der Waals surface area contributed by atoms with Crippen molar-refractivity contribution in [2.45, 2.75) is 257 Å². The van der Waals surface area contributed by atoms with Gasteiger partial charge in [-0.2, -0.15) is 0 Å². The van der Waals surface area contributed by atoms with Gasteiger partial charge in [0, 0.05) is 11.9 Å². The maximum absolute atomic E-state index is 12.9. The van der Waals surface area contributed by atoms with Gasteiger partial charge in [0.15, 0.2) is 0 Å². The Hall–Kier alpha value is -0.760. The van der Waals surface area contributed by atoms with Crippen molar-refractivity contribution in [3.8, 4) is 0 Å². The number of nitrogens with one attached hydrogen (secondary N) is 1. The van der Waals surface area contributed by atoms with Crippen LogP contribution < -0.4 is 5.32 Å². The first-order valence-electron chi connectivity index (χ1n) is 26.5. The quantitative estimate of drug-likeness (QED) is 0.0244. The second-order valence-electron chi connectivity index (χ2n) is 18.0. The van der Waals surface area contributed by atoms with Crippen molar-refractivity contribution in [1.82, 2.24) is 5.32 Å². The molecule has 0 aliphatic rings. The molecule has 0 spiro atoms. The molecule has 0 radical (unpaired) electrons. The molecule has 9 heteroatoms. The summed E-state index contributed by atoms with van der Waals surface area (Å²) in [6.45, 7) is 4.67. The number of aliphatic hydroxyl groups is 1. The van der Waals surface area contributed by atoms with Crippen LogP contribution in [0.3, 0.4) is 0 Å². The minimum absolute atomic E-state index is 0.0327. The summed E-state index contributed by atoms with van der Waals surface area (Å²) < 4.78 is 57.3. The summed E-state index contributed by atoms with van der Waals surface area (Å²) in [6.07, 6.45) is 34.8. The number of amides is 1. The zero-order chi connectivity index (χ0) is 46.4. The van der Waals surface area contributed by atoms with Crippen LogP contribution >= 0.6 is 7.82 Å². The van der Waals surface area contributed by atoms with E-state index < -0.39 is 32.7 Å². The lowest BCUT2D eigenvalue weighted by molar-refractivity contribution is -0.870. The molecule has 1 amide bonds. The first-order chi connectivity index (χ1) is 29.5. The zero-order valence-corrected chi connectivity index (χ0v) is 39.8. The fraction of sp³-hybridized carbons (Fsp3) is 0.939. The lowest BCUT2D eigenvalue weighted by Gasteiger charge is -2.25. The van der Waals surface area contributed by atoms with E-state index in [1.165, 1.54) is 109 Å². The summed E-state index contributed by atoms with van der Waals surface area (Å²) in [6, 6.07) is -0.899. The van der Waals surface area contributed by atoms with Crippen LogP contribution in [-0.4, -0.2) is 73.4 Å². The standard InChI is InChI=1S/C49H99N2O6P/c1-6-8-10-12-14-16-18-20-21-22-23-24-25-26-27-28-29-31-33-35-37-39-41-43-49(53)50-47(46-57-58(54,55)56-45-44-51(3,4)5)48(52)42-40-38-36-34-32-30-19-17-15-13-11-9-7-2/h40,42,47-48,52H,6-39,41,43-46H2,1-5H3,(H-,50,53,54,55)/p+1/b42-40+/t47-,48+/m0/s1/i25D2,26D2. The van der Waals surface area contributed by atoms with Crippen LogP contribution in [0.15, 0.2) is 12.2 Å². The number of quaternary nitrogens is 1. The van der Waals surface area contributed by atoms with Crippen LogP contribution in [0.4, 0.5) is 0 Å². The van der Waals surface area contributed by atoms with Gasteiger partial charge in [0.1, 0.15) is 13.2 Å². The molecule has 3 atom stereocenters. The Morgan fingerprint density at radius 1 is 0.621 bits per heavy atom. The van der Waals surface area contributed by atoms with Gasteiger partial charge in [-0.05, 0) is 19.3 Å². The second-order valence-corrected chi connectivity index (χ2v) is 19.4. The highest BCUT2D eigenvalue weighted by molar-refractivity contribution is 7.47. The van der Waals surface area contributed by atoms with E-state index in [-0.39, 0.29) is 38.4 Å². The highest BCUT2D eigenvalue weighted by Crippen LogP contribution is 2.43. The van der Waals surface area contributed by atoms with E-state index in [0.29, 0.717) is 23.9 Å². The smallest absolute Gasteiger partial charge is 0.387 e. The number of aliphatic hydroxyl groups excluding tert-OH is 1. The highest BCUT2D eigenvalue weighted by Gasteiger charge is 2.27. The predicted octanol–water partition coefficient (Wildman–Crippen LogP) is 14.3. The predicted molar refractivity (Wildman–Crippen MR) is 249 cm³/mol. The average Bonchev–Trinajstić information content (AvgIpc) is 3.20. The summed E-state index contributed by atoms with van der Waals surface area (Å²) in [5.41, 5.74) is 0. The van der Waals surface area contributed by atoms with Crippen LogP contribution in [0.5, 0.6) is 0 Å². The van der Waals surface area contributed by atoms with Gasteiger partial charge in [-0.3, -0.25) is 13.8 Å². The molecule has 58 heavy (non-hydrogen) atoms. The van der Waals surface area contributed by atoms with Crippen molar-refractivity contribution in [2.24, 2.45) is 0 Å². The topological polar surface area (TPSA) is 105 Å². The van der Waals surface area contributed by atoms with E-state index in [1.54, 1.807) is 6.08 Å². The van der Waals surface area contributed by atoms with Crippen LogP contribution in [0, 0.1) is 0 Å². The number of phosphoric ester groups is 1. The Balaban J connectivity index is 4.48. The lowest BCUT2D eigenvalue weighted by atomic mass is 10.0. The van der Waals surface area contributed by atoms with Gasteiger partial charge in [-0.25, -0.2) is 4.57 Å². The SMILES string of the molecule is [2H]C([2H])(CCCCCCCCCCCCC)C([2H])([2H])CCCCCCCCCCC(=O)N[C@@H](COP(=O)(O)OCC[N+](C)(C)C)[C@H](O)/C=C/CCCCCCCCCCCCC. The third-order valence-corrected chi connectivity index (χ3v) is 12.0. The number of rotatable bonds is 46. The Morgan fingerprint density at radius 3 is 1.41 bits per heavy atom. The van der Waals surface area contributed by atoms with Crippen LogP contribution in [0.2, 0.25) is 0 Å². The first-order valence-corrected chi connectivity index (χ1v) is 26.0. The fourth-order valence-corrected chi connectivity index (χ4v) is 7.79. The molecule has 0 rings (SSSR count). The summed E-state index contributed by atoms with van der Waals surface area (Å²) in [5, 5.41) is 13.8. The van der Waals surface area contributed by atoms with Gasteiger partial charge in [-0.15, -0.1) is 0 Å². The Labute approximate surface area is 366 Å². The molecule has 0 aromatic carbocycles. The molecular formula is C49H100N2O6P+. The Morgan fingerprint density at radius 2 is 1.00 bits per heavy atom. The van der Waals surface area contributed by atoms with Gasteiger partial charge in [-0.1, -0.05) is 231 Å². The molecule has 3 N–H and O–H groups in total. The van der Waals surface area contributed by atoms with E-state index >= 15 is 0 Å². The third kappa shape index (κ3) is 43.3. The van der Waals surface area contributed by atoms with Crippen molar-refractivity contribution in [3.63, 3.8) is 0 Å². The fourth-order valence-electron chi connectivity index (χ4n) is 7.06. The van der Waals surface area contributed by atoms with E-state index in [1.807, 2.05) is 27.2 Å². The van der Waals surface area contributed by atoms with E-state index in [2.05, 4.69) is 19.2 Å². The summed E-state index contributed by atoms with van der Waals surface area (Å²) in [7, 11) is 1.47. The van der Waals surface area contributed by atoms with Crippen LogP contribution in [0.25, 0.3) is 0 Å². The molecule has 0 heterocycles. The minimum atomic E-state index is -4.38. The van der Waals surface area contributed by atoms with E-state index in [9.17, 15) is 19.4 Å². The van der Waals surface area contributed by atoms with Gasteiger partial charge < -0.3 is 19.8 Å². The zero-order valence-electron chi connectivity index (χ0n) is 42.9. The van der Waals surface area contributed by atoms with Crippen molar-refractivity contribution >= 4 is 13.7 Å². The Bertz CT molecular complexity index is 1130. The molecular weight excluding hydrogens is 744 g/mol. The number of hydrogen-bond acceptors (Lipinski definition) is 5. The van der Waals surface area contributed by atoms with Gasteiger partial charge >= 0.3 is 7.82 Å². The number of carbonyl (C=O) groups is 1. The molecule has 0 bridgehead atoms. The van der Waals surface area contributed by atoms with Crippen LogP contribution in [-0.2, 0) is 18.4 Å². The number of hydrogen-bond donors (Lipinski definition) is 3. The molecule has 0 aromatic rings. The van der Waals surface area contributed by atoms with E-state index in [4.69, 9.17) is 14.5 Å². The molecule has 0 saturated heterocycles. The number of carbonyl (C=O) groups excluding carboxylic acids is 1. The maximum Gasteiger partial charge on any atom is 0.472 e. The monoisotopic (exact) mass is 848 g/mol. The van der Waals surface area contributed by atoms with Crippen molar-refractivity contribution in [2.75, 3.05) is 40.9 Å². The Kier molecular flexibility index (Phi) is 35.8. The number of likely N-dealkylation sites (N-methyl/N-ethyl adjacent to an activating group) is 1. The molecule has 0 aliphatic carbocycles. The third-order valence-electron chi connectivity index (χ3n) is 11.0. The van der Waals surface area contributed by atoms with Crippen LogP contribution in [0.1, 0.15) is 250 Å². The number of nitrogens with zero attached hydrogens (tertiary/aromatic N) is 1. The molecule has 346 valence electrons. The largest absolute Gasteiger partial charge is 0.472 e. The molecule has 8 nitrogen and oxygen atoms in total. The van der Waals surface area contributed by atoms with E-state index in [0.717, 1.165) is 77.0 Å². The number of unbranched alkanes of at least 4 members (excludes halogenated alkanes) is 28. The van der Waals surface area contributed by atoms with Crippen molar-refractivity contribution < 1.29 is 38.4 Å². The summed E-state index contributed by atoms with van der Waals surface area (Å²) >= 11 is 0. The van der Waals surface area contributed by atoms with Gasteiger partial charge in [0.2, 0.25) is 5.91 Å². The number of phosphoric acid groups is 1. The second kappa shape index (κ2) is 41.6.